The van der Waals surface area contributed by atoms with Crippen molar-refractivity contribution < 1.29 is 13.2 Å². The van der Waals surface area contributed by atoms with Crippen molar-refractivity contribution in [3.05, 3.63) is 21.9 Å². The molecule has 0 spiro atoms. The van der Waals surface area contributed by atoms with E-state index in [1.54, 1.807) is 0 Å². The van der Waals surface area contributed by atoms with Crippen molar-refractivity contribution in [2.45, 2.75) is 51.5 Å². The van der Waals surface area contributed by atoms with Crippen LogP contribution in [0.25, 0.3) is 0 Å². The molecule has 10 heteroatoms. The van der Waals surface area contributed by atoms with Crippen LogP contribution < -0.4 is 10.6 Å². The number of nitrogens with one attached hydrogen (secondary N) is 2. The third-order valence-corrected chi connectivity index (χ3v) is 6.36. The van der Waals surface area contributed by atoms with Crippen LogP contribution in [0.3, 0.4) is 0 Å². The van der Waals surface area contributed by atoms with Crippen LogP contribution in [0.1, 0.15) is 30.7 Å². The van der Waals surface area contributed by atoms with Gasteiger partial charge in [0, 0.05) is 49.7 Å². The molecule has 1 aromatic heterocycles. The molecule has 3 heterocycles. The Bertz CT molecular complexity index is 667. The number of halogens is 4. The van der Waals surface area contributed by atoms with Gasteiger partial charge < -0.3 is 10.6 Å². The lowest BCUT2D eigenvalue weighted by atomic mass is 10.1. The minimum absolute atomic E-state index is 0. The predicted molar refractivity (Wildman–Crippen MR) is 123 cm³/mol. The molecular formula is C19H31F3IN5S. The minimum atomic E-state index is -4.14. The molecule has 1 aromatic rings. The normalized spacial score (nSPS) is 22.1. The summed E-state index contributed by atoms with van der Waals surface area (Å²) in [6, 6.07) is 2.52. The van der Waals surface area contributed by atoms with Crippen LogP contribution in [-0.2, 0) is 13.0 Å². The molecule has 166 valence electrons. The Kier molecular flexibility index (Phi) is 9.49. The van der Waals surface area contributed by atoms with Crippen LogP contribution >= 0.6 is 35.3 Å². The van der Waals surface area contributed by atoms with Gasteiger partial charge in [0.1, 0.15) is 0 Å². The first-order valence-electron chi connectivity index (χ1n) is 9.97. The van der Waals surface area contributed by atoms with Gasteiger partial charge in [0.25, 0.3) is 0 Å². The van der Waals surface area contributed by atoms with Crippen molar-refractivity contribution in [1.82, 2.24) is 20.4 Å². The first-order chi connectivity index (χ1) is 13.3. The highest BCUT2D eigenvalue weighted by molar-refractivity contribution is 14.0. The van der Waals surface area contributed by atoms with E-state index in [0.717, 1.165) is 26.1 Å². The summed E-state index contributed by atoms with van der Waals surface area (Å²) >= 11 is 1.84. The summed E-state index contributed by atoms with van der Waals surface area (Å²) < 4.78 is 37.7. The van der Waals surface area contributed by atoms with Crippen LogP contribution in [0.4, 0.5) is 13.2 Å². The predicted octanol–water partition coefficient (Wildman–Crippen LogP) is 3.30. The highest BCUT2D eigenvalue weighted by Gasteiger charge is 2.34. The van der Waals surface area contributed by atoms with E-state index < -0.39 is 12.7 Å². The summed E-state index contributed by atoms with van der Waals surface area (Å²) in [4.78, 5) is 10.1. The SMILES string of the molecule is CCNC(=NCC(C)N1CCc2sccc2C1)NC1CCN(CC(F)(F)F)C1.I. The molecule has 0 aromatic carbocycles. The molecule has 5 nitrogen and oxygen atoms in total. The Balaban J connectivity index is 0.00000300. The second-order valence-corrected chi connectivity index (χ2v) is 8.64. The lowest BCUT2D eigenvalue weighted by Crippen LogP contribution is -2.46. The third-order valence-electron chi connectivity index (χ3n) is 5.33. The molecule has 0 radical (unpaired) electrons. The summed E-state index contributed by atoms with van der Waals surface area (Å²) in [5.74, 6) is 0.696. The van der Waals surface area contributed by atoms with Gasteiger partial charge in [0.15, 0.2) is 5.96 Å². The second-order valence-electron chi connectivity index (χ2n) is 7.64. The van der Waals surface area contributed by atoms with E-state index in [1.165, 1.54) is 15.3 Å². The lowest BCUT2D eigenvalue weighted by molar-refractivity contribution is -0.143. The average molecular weight is 545 g/mol. The second kappa shape index (κ2) is 11.1. The van der Waals surface area contributed by atoms with Gasteiger partial charge in [-0.3, -0.25) is 14.8 Å². The molecule has 0 aliphatic carbocycles. The van der Waals surface area contributed by atoms with E-state index in [9.17, 15) is 13.2 Å². The number of fused-ring (bicyclic) bond motifs is 1. The molecule has 1 saturated heterocycles. The standard InChI is InChI=1S/C19H30F3N5S.HI/c1-3-23-18(25-16-4-7-26(12-16)13-19(20,21)22)24-10-14(2)27-8-5-17-15(11-27)6-9-28-17;/h6,9,14,16H,3-5,7-8,10-13H2,1-2H3,(H2,23,24,25);1H. The Morgan fingerprint density at radius 3 is 2.90 bits per heavy atom. The van der Waals surface area contributed by atoms with Crippen molar-refractivity contribution in [3.63, 3.8) is 0 Å². The zero-order chi connectivity index (χ0) is 20.1. The maximum absolute atomic E-state index is 12.6. The Morgan fingerprint density at radius 1 is 1.38 bits per heavy atom. The number of guanidine groups is 1. The first-order valence-corrected chi connectivity index (χ1v) is 10.8. The molecule has 2 atom stereocenters. The van der Waals surface area contributed by atoms with Gasteiger partial charge >= 0.3 is 6.18 Å². The Labute approximate surface area is 192 Å². The zero-order valence-corrected chi connectivity index (χ0v) is 20.1. The quantitative estimate of drug-likeness (QED) is 0.327. The molecule has 2 aliphatic heterocycles. The minimum Gasteiger partial charge on any atom is -0.357 e. The molecule has 2 aliphatic rings. The molecule has 2 unspecified atom stereocenters. The Hall–Kier alpha value is -0.590. The van der Waals surface area contributed by atoms with Crippen molar-refractivity contribution in [1.29, 1.82) is 0 Å². The topological polar surface area (TPSA) is 42.9 Å². The lowest BCUT2D eigenvalue weighted by Gasteiger charge is -2.31. The summed E-state index contributed by atoms with van der Waals surface area (Å²) in [6.07, 6.45) is -2.35. The fourth-order valence-electron chi connectivity index (χ4n) is 3.85. The number of likely N-dealkylation sites (tertiary alicyclic amines) is 1. The van der Waals surface area contributed by atoms with Crippen LogP contribution in [0.2, 0.25) is 0 Å². The van der Waals surface area contributed by atoms with E-state index in [0.29, 0.717) is 38.1 Å². The Morgan fingerprint density at radius 2 is 2.17 bits per heavy atom. The van der Waals surface area contributed by atoms with Gasteiger partial charge in [-0.2, -0.15) is 13.2 Å². The van der Waals surface area contributed by atoms with Crippen molar-refractivity contribution in [2.24, 2.45) is 4.99 Å². The highest BCUT2D eigenvalue weighted by atomic mass is 127. The maximum atomic E-state index is 12.6. The summed E-state index contributed by atoms with van der Waals surface area (Å²) in [6.45, 7) is 7.59. The van der Waals surface area contributed by atoms with Crippen molar-refractivity contribution in [2.75, 3.05) is 39.3 Å². The van der Waals surface area contributed by atoms with Crippen LogP contribution in [0.5, 0.6) is 0 Å². The number of nitrogens with zero attached hydrogens (tertiary/aromatic N) is 3. The monoisotopic (exact) mass is 545 g/mol. The summed E-state index contributed by atoms with van der Waals surface area (Å²) in [5, 5.41) is 8.70. The molecule has 3 rings (SSSR count). The number of aliphatic imine (C=N–C) groups is 1. The van der Waals surface area contributed by atoms with Gasteiger partial charge in [-0.1, -0.05) is 0 Å². The third kappa shape index (κ3) is 7.55. The molecule has 0 bridgehead atoms. The number of rotatable bonds is 6. The van der Waals surface area contributed by atoms with Gasteiger partial charge in [-0.25, -0.2) is 0 Å². The van der Waals surface area contributed by atoms with Crippen LogP contribution in [-0.4, -0.2) is 73.3 Å². The van der Waals surface area contributed by atoms with Crippen LogP contribution in [0, 0.1) is 0 Å². The molecule has 29 heavy (non-hydrogen) atoms. The zero-order valence-electron chi connectivity index (χ0n) is 17.0. The maximum Gasteiger partial charge on any atom is 0.401 e. The van der Waals surface area contributed by atoms with E-state index in [-0.39, 0.29) is 30.0 Å². The highest BCUT2D eigenvalue weighted by Crippen LogP contribution is 2.25. The smallest absolute Gasteiger partial charge is 0.357 e. The largest absolute Gasteiger partial charge is 0.401 e. The summed E-state index contributed by atoms with van der Waals surface area (Å²) in [7, 11) is 0. The summed E-state index contributed by atoms with van der Waals surface area (Å²) in [5.41, 5.74) is 1.42. The molecule has 0 amide bonds. The number of hydrogen-bond acceptors (Lipinski definition) is 4. The van der Waals surface area contributed by atoms with Gasteiger partial charge in [0.05, 0.1) is 13.1 Å². The average Bonchev–Trinajstić information content (AvgIpc) is 3.26. The van der Waals surface area contributed by atoms with Crippen LogP contribution in [0.15, 0.2) is 16.4 Å². The first kappa shape index (κ1) is 24.7. The fourth-order valence-corrected chi connectivity index (χ4v) is 4.74. The van der Waals surface area contributed by atoms with Gasteiger partial charge in [-0.15, -0.1) is 35.3 Å². The molecular weight excluding hydrogens is 514 g/mol. The van der Waals surface area contributed by atoms with E-state index in [1.807, 2.05) is 18.3 Å². The number of alkyl halides is 3. The van der Waals surface area contributed by atoms with E-state index >= 15 is 0 Å². The molecule has 2 N–H and O–H groups in total. The molecule has 0 saturated carbocycles. The van der Waals surface area contributed by atoms with Crippen molar-refractivity contribution >= 4 is 41.3 Å². The van der Waals surface area contributed by atoms with E-state index in [4.69, 9.17) is 4.99 Å². The van der Waals surface area contributed by atoms with Gasteiger partial charge in [-0.05, 0) is 43.7 Å². The van der Waals surface area contributed by atoms with Crippen molar-refractivity contribution in [3.8, 4) is 0 Å². The number of hydrogen-bond donors (Lipinski definition) is 2. The van der Waals surface area contributed by atoms with E-state index in [2.05, 4.69) is 33.9 Å². The molecule has 1 fully saturated rings. The van der Waals surface area contributed by atoms with Gasteiger partial charge in [0.2, 0.25) is 0 Å². The number of thiophene rings is 1. The fraction of sp³-hybridized carbons (Fsp3) is 0.737.